The van der Waals surface area contributed by atoms with E-state index < -0.39 is 17.9 Å². The normalized spacial score (nSPS) is 12.7. The van der Waals surface area contributed by atoms with Gasteiger partial charge >= 0.3 is 5.97 Å². The lowest BCUT2D eigenvalue weighted by Gasteiger charge is -2.09. The number of nitrogens with two attached hydrogens (primary N) is 1. The molecule has 3 N–H and O–H groups in total. The molecule has 0 radical (unpaired) electrons. The Morgan fingerprint density at radius 2 is 2.00 bits per heavy atom. The van der Waals surface area contributed by atoms with E-state index in [4.69, 9.17) is 10.8 Å². The van der Waals surface area contributed by atoms with Crippen molar-refractivity contribution in [2.24, 2.45) is 5.73 Å². The minimum atomic E-state index is -1.08. The quantitative estimate of drug-likeness (QED) is 0.837. The van der Waals surface area contributed by atoms with Crippen molar-refractivity contribution >= 4 is 22.8 Å². The average Bonchev–Trinajstić information content (AvgIpc) is 2.82. The molecule has 0 bridgehead atoms. The number of fused-ring (bicyclic) bond motifs is 1. The van der Waals surface area contributed by atoms with Crippen LogP contribution in [0.25, 0.3) is 10.9 Å². The van der Waals surface area contributed by atoms with Gasteiger partial charge in [0.25, 0.3) is 0 Å². The summed E-state index contributed by atoms with van der Waals surface area (Å²) in [6, 6.07) is 6.54. The van der Waals surface area contributed by atoms with Gasteiger partial charge in [-0.1, -0.05) is 18.2 Å². The predicted molar refractivity (Wildman–Crippen MR) is 85.1 cm³/mol. The van der Waals surface area contributed by atoms with Gasteiger partial charge in [0.05, 0.1) is 18.0 Å². The number of benzene rings is 1. The molecule has 1 aromatic carbocycles. The van der Waals surface area contributed by atoms with E-state index in [0.717, 1.165) is 29.4 Å². The molecule has 0 aliphatic carbocycles. The summed E-state index contributed by atoms with van der Waals surface area (Å²) in [5, 5.41) is 9.80. The summed E-state index contributed by atoms with van der Waals surface area (Å²) < 4.78 is 1.48. The van der Waals surface area contributed by atoms with Crippen molar-refractivity contribution in [2.45, 2.75) is 18.9 Å². The topological polar surface area (TPSA) is 88.6 Å². The van der Waals surface area contributed by atoms with Gasteiger partial charge in [0.15, 0.2) is 0 Å². The number of carbonyl (C=O) groups is 2. The summed E-state index contributed by atoms with van der Waals surface area (Å²) in [5.74, 6) is -1.47. The summed E-state index contributed by atoms with van der Waals surface area (Å²) in [5.41, 5.74) is 7.53. The number of hydrogen-bond donors (Lipinski definition) is 2. The number of aliphatic carboxylic acids is 1. The standard InChI is InChI=1S/C16H21N3O3/c1-18(2)8-7-11-10-19(14-6-4-3-5-12(11)14)16(22)13(17)9-15(20)21/h3-6,10,13H,7-9,17H2,1-2H3,(H,20,21). The first-order chi connectivity index (χ1) is 10.4. The predicted octanol–water partition coefficient (Wildman–Crippen LogP) is 1.19. The van der Waals surface area contributed by atoms with Gasteiger partial charge < -0.3 is 15.7 Å². The summed E-state index contributed by atoms with van der Waals surface area (Å²) in [4.78, 5) is 25.2. The van der Waals surface area contributed by atoms with Gasteiger partial charge in [-0.2, -0.15) is 0 Å². The smallest absolute Gasteiger partial charge is 0.305 e. The van der Waals surface area contributed by atoms with E-state index in [0.29, 0.717) is 0 Å². The van der Waals surface area contributed by atoms with Crippen molar-refractivity contribution in [1.29, 1.82) is 0 Å². The first-order valence-electron chi connectivity index (χ1n) is 7.15. The molecule has 22 heavy (non-hydrogen) atoms. The average molecular weight is 303 g/mol. The number of rotatable bonds is 6. The molecule has 118 valence electrons. The Hall–Kier alpha value is -2.18. The van der Waals surface area contributed by atoms with Crippen molar-refractivity contribution in [3.05, 3.63) is 36.0 Å². The Labute approximate surface area is 129 Å². The lowest BCUT2D eigenvalue weighted by Crippen LogP contribution is -2.36. The summed E-state index contributed by atoms with van der Waals surface area (Å²) in [6.07, 6.45) is 2.21. The third-order valence-electron chi connectivity index (χ3n) is 3.57. The third-order valence-corrected chi connectivity index (χ3v) is 3.57. The maximum absolute atomic E-state index is 12.4. The number of carbonyl (C=O) groups excluding carboxylic acids is 1. The Morgan fingerprint density at radius 1 is 1.32 bits per heavy atom. The molecule has 1 atom stereocenters. The maximum Gasteiger partial charge on any atom is 0.305 e. The van der Waals surface area contributed by atoms with Crippen LogP contribution in [0.15, 0.2) is 30.5 Å². The fourth-order valence-electron chi connectivity index (χ4n) is 2.43. The SMILES string of the molecule is CN(C)CCc1cn(C(=O)C(N)CC(=O)O)c2ccccc12. The highest BCUT2D eigenvalue weighted by molar-refractivity contribution is 5.97. The molecule has 0 amide bonds. The van der Waals surface area contributed by atoms with E-state index in [1.165, 1.54) is 4.57 Å². The maximum atomic E-state index is 12.4. The molecular formula is C16H21N3O3. The van der Waals surface area contributed by atoms with Crippen molar-refractivity contribution < 1.29 is 14.7 Å². The van der Waals surface area contributed by atoms with Crippen molar-refractivity contribution in [3.8, 4) is 0 Å². The molecular weight excluding hydrogens is 282 g/mol. The van der Waals surface area contributed by atoms with Crippen LogP contribution in [0, 0.1) is 0 Å². The first-order valence-corrected chi connectivity index (χ1v) is 7.15. The van der Waals surface area contributed by atoms with Crippen molar-refractivity contribution in [2.75, 3.05) is 20.6 Å². The number of aromatic nitrogens is 1. The number of carboxylic acids is 1. The third kappa shape index (κ3) is 3.52. The van der Waals surface area contributed by atoms with Crippen LogP contribution in [-0.4, -0.2) is 53.1 Å². The van der Waals surface area contributed by atoms with Gasteiger partial charge in [-0.25, -0.2) is 0 Å². The summed E-state index contributed by atoms with van der Waals surface area (Å²) in [7, 11) is 3.99. The van der Waals surface area contributed by atoms with E-state index in [2.05, 4.69) is 4.90 Å². The Kier molecular flexibility index (Phi) is 4.95. The molecule has 1 aromatic heterocycles. The molecule has 0 fully saturated rings. The van der Waals surface area contributed by atoms with E-state index in [1.807, 2.05) is 38.4 Å². The van der Waals surface area contributed by atoms with Gasteiger partial charge in [-0.3, -0.25) is 14.2 Å². The van der Waals surface area contributed by atoms with Gasteiger partial charge in [0, 0.05) is 18.1 Å². The highest BCUT2D eigenvalue weighted by atomic mass is 16.4. The van der Waals surface area contributed by atoms with E-state index in [9.17, 15) is 9.59 Å². The zero-order chi connectivity index (χ0) is 16.3. The Bertz CT molecular complexity index is 691. The van der Waals surface area contributed by atoms with Crippen LogP contribution in [0.3, 0.4) is 0 Å². The second-order valence-electron chi connectivity index (χ2n) is 5.64. The molecule has 0 saturated carbocycles. The molecule has 0 aliphatic rings. The molecule has 1 unspecified atom stereocenters. The van der Waals surface area contributed by atoms with Crippen LogP contribution < -0.4 is 5.73 Å². The van der Waals surface area contributed by atoms with Crippen LogP contribution in [0.1, 0.15) is 16.8 Å². The molecule has 1 heterocycles. The molecule has 2 aromatic rings. The lowest BCUT2D eigenvalue weighted by molar-refractivity contribution is -0.137. The van der Waals surface area contributed by atoms with E-state index in [1.54, 1.807) is 6.20 Å². The molecule has 0 aliphatic heterocycles. The van der Waals surface area contributed by atoms with Crippen LogP contribution in [-0.2, 0) is 11.2 Å². The number of hydrogen-bond acceptors (Lipinski definition) is 4. The number of para-hydroxylation sites is 1. The number of likely N-dealkylation sites (N-methyl/N-ethyl adjacent to an activating group) is 1. The number of carboxylic acid groups (broad SMARTS) is 1. The summed E-state index contributed by atoms with van der Waals surface area (Å²) >= 11 is 0. The second-order valence-corrected chi connectivity index (χ2v) is 5.64. The van der Waals surface area contributed by atoms with Gasteiger partial charge in [0.2, 0.25) is 5.91 Å². The van der Waals surface area contributed by atoms with Gasteiger partial charge in [-0.05, 0) is 32.1 Å². The monoisotopic (exact) mass is 303 g/mol. The van der Waals surface area contributed by atoms with Crippen molar-refractivity contribution in [3.63, 3.8) is 0 Å². The minimum Gasteiger partial charge on any atom is -0.481 e. The molecule has 6 nitrogen and oxygen atoms in total. The highest BCUT2D eigenvalue weighted by Gasteiger charge is 2.21. The molecule has 0 spiro atoms. The van der Waals surface area contributed by atoms with Crippen LogP contribution >= 0.6 is 0 Å². The minimum absolute atomic E-state index is 0.377. The zero-order valence-corrected chi connectivity index (χ0v) is 12.8. The van der Waals surface area contributed by atoms with Gasteiger partial charge in [0.1, 0.15) is 0 Å². The van der Waals surface area contributed by atoms with E-state index >= 15 is 0 Å². The summed E-state index contributed by atoms with van der Waals surface area (Å²) in [6.45, 7) is 0.864. The second kappa shape index (κ2) is 6.72. The fourth-order valence-corrected chi connectivity index (χ4v) is 2.43. The van der Waals surface area contributed by atoms with Gasteiger partial charge in [-0.15, -0.1) is 0 Å². The van der Waals surface area contributed by atoms with Crippen LogP contribution in [0.4, 0.5) is 0 Å². The van der Waals surface area contributed by atoms with E-state index in [-0.39, 0.29) is 6.42 Å². The first kappa shape index (κ1) is 16.2. The Morgan fingerprint density at radius 3 is 2.64 bits per heavy atom. The number of nitrogens with zero attached hydrogens (tertiary/aromatic N) is 2. The molecule has 0 saturated heterocycles. The lowest BCUT2D eigenvalue weighted by atomic mass is 10.1. The van der Waals surface area contributed by atoms with Crippen molar-refractivity contribution in [1.82, 2.24) is 9.47 Å². The molecule has 6 heteroatoms. The van der Waals surface area contributed by atoms with Crippen LogP contribution in [0.5, 0.6) is 0 Å². The molecule has 2 rings (SSSR count). The zero-order valence-electron chi connectivity index (χ0n) is 12.8. The fraction of sp³-hybridized carbons (Fsp3) is 0.375. The highest BCUT2D eigenvalue weighted by Crippen LogP contribution is 2.22. The Balaban J connectivity index is 2.37. The van der Waals surface area contributed by atoms with Crippen LogP contribution in [0.2, 0.25) is 0 Å². The largest absolute Gasteiger partial charge is 0.481 e.